The topological polar surface area (TPSA) is 81.1 Å². The molecule has 2 aromatic rings. The van der Waals surface area contributed by atoms with Crippen LogP contribution in [0, 0.1) is 0 Å². The first-order chi connectivity index (χ1) is 9.38. The van der Waals surface area contributed by atoms with Gasteiger partial charge in [-0.1, -0.05) is 34.8 Å². The van der Waals surface area contributed by atoms with Gasteiger partial charge in [-0.05, 0) is 30.3 Å². The number of carbonyl (C=O) groups excluding carboxylic acids is 1. The highest BCUT2D eigenvalue weighted by molar-refractivity contribution is 6.44. The lowest BCUT2D eigenvalue weighted by Gasteiger charge is -2.12. The molecule has 1 amide bonds. The average molecular weight is 331 g/mol. The van der Waals surface area contributed by atoms with Gasteiger partial charge in [0.2, 0.25) is 5.91 Å². The largest absolute Gasteiger partial charge is 0.397 e. The summed E-state index contributed by atoms with van der Waals surface area (Å²) < 4.78 is 0. The third-order valence-corrected chi connectivity index (χ3v) is 3.65. The van der Waals surface area contributed by atoms with Crippen molar-refractivity contribution >= 4 is 57.8 Å². The Balaban J connectivity index is 2.42. The van der Waals surface area contributed by atoms with Crippen molar-refractivity contribution in [3.05, 3.63) is 51.0 Å². The fraction of sp³-hybridized carbons (Fsp3) is 0. The Labute approximate surface area is 130 Å². The number of anilines is 3. The van der Waals surface area contributed by atoms with Crippen LogP contribution in [0.3, 0.4) is 0 Å². The predicted molar refractivity (Wildman–Crippen MR) is 84.1 cm³/mol. The molecule has 0 aliphatic carbocycles. The van der Waals surface area contributed by atoms with Crippen LogP contribution in [0.15, 0.2) is 30.3 Å². The molecule has 20 heavy (non-hydrogen) atoms. The number of nitrogens with two attached hydrogens (primary N) is 2. The van der Waals surface area contributed by atoms with Crippen LogP contribution >= 0.6 is 34.8 Å². The summed E-state index contributed by atoms with van der Waals surface area (Å²) in [6, 6.07) is 7.74. The van der Waals surface area contributed by atoms with Crippen molar-refractivity contribution in [1.29, 1.82) is 0 Å². The third-order valence-electron chi connectivity index (χ3n) is 2.62. The lowest BCUT2D eigenvalue weighted by atomic mass is 10.1. The molecule has 0 aliphatic heterocycles. The van der Waals surface area contributed by atoms with Crippen LogP contribution in [0.4, 0.5) is 17.1 Å². The molecule has 2 aromatic carbocycles. The van der Waals surface area contributed by atoms with Crippen LogP contribution in [0.5, 0.6) is 0 Å². The van der Waals surface area contributed by atoms with Gasteiger partial charge in [0.05, 0.1) is 32.1 Å². The fourth-order valence-electron chi connectivity index (χ4n) is 1.58. The molecule has 5 N–H and O–H groups in total. The van der Waals surface area contributed by atoms with E-state index in [4.69, 9.17) is 46.3 Å². The van der Waals surface area contributed by atoms with Crippen molar-refractivity contribution in [1.82, 2.24) is 0 Å². The summed E-state index contributed by atoms with van der Waals surface area (Å²) in [5, 5.41) is 4.07. The zero-order valence-electron chi connectivity index (χ0n) is 10.1. The Morgan fingerprint density at radius 3 is 2.25 bits per heavy atom. The third kappa shape index (κ3) is 3.10. The molecular weight excluding hydrogens is 321 g/mol. The summed E-state index contributed by atoms with van der Waals surface area (Å²) >= 11 is 17.9. The SMILES string of the molecule is NC(=O)c1ccc(N)c(Nc2cc(Cl)c(Cl)cc2Cl)c1. The van der Waals surface area contributed by atoms with E-state index >= 15 is 0 Å². The number of hydrogen-bond acceptors (Lipinski definition) is 3. The van der Waals surface area contributed by atoms with Crippen molar-refractivity contribution < 1.29 is 4.79 Å². The summed E-state index contributed by atoms with van der Waals surface area (Å²) in [6.07, 6.45) is 0. The molecule has 7 heteroatoms. The van der Waals surface area contributed by atoms with Crippen LogP contribution in [-0.2, 0) is 0 Å². The maximum absolute atomic E-state index is 11.2. The number of primary amides is 1. The molecule has 0 aromatic heterocycles. The van der Waals surface area contributed by atoms with Crippen LogP contribution in [0.25, 0.3) is 0 Å². The smallest absolute Gasteiger partial charge is 0.248 e. The van der Waals surface area contributed by atoms with Gasteiger partial charge < -0.3 is 16.8 Å². The van der Waals surface area contributed by atoms with Gasteiger partial charge in [-0.15, -0.1) is 0 Å². The molecule has 0 atom stereocenters. The molecule has 0 aliphatic rings. The quantitative estimate of drug-likeness (QED) is 0.586. The minimum atomic E-state index is -0.548. The van der Waals surface area contributed by atoms with Gasteiger partial charge in [-0.25, -0.2) is 0 Å². The highest BCUT2D eigenvalue weighted by Crippen LogP contribution is 2.35. The minimum Gasteiger partial charge on any atom is -0.397 e. The van der Waals surface area contributed by atoms with Crippen molar-refractivity contribution in [3.8, 4) is 0 Å². The Morgan fingerprint density at radius 2 is 1.60 bits per heavy atom. The molecule has 0 saturated carbocycles. The van der Waals surface area contributed by atoms with E-state index in [1.807, 2.05) is 0 Å². The number of hydrogen-bond donors (Lipinski definition) is 3. The van der Waals surface area contributed by atoms with Crippen LogP contribution < -0.4 is 16.8 Å². The Bertz CT molecular complexity index is 689. The number of benzene rings is 2. The molecule has 4 nitrogen and oxygen atoms in total. The van der Waals surface area contributed by atoms with Crippen molar-refractivity contribution in [2.75, 3.05) is 11.1 Å². The second kappa shape index (κ2) is 5.79. The van der Waals surface area contributed by atoms with E-state index in [0.29, 0.717) is 37.7 Å². The number of amides is 1. The van der Waals surface area contributed by atoms with E-state index < -0.39 is 5.91 Å². The fourth-order valence-corrected chi connectivity index (χ4v) is 2.18. The molecule has 0 saturated heterocycles. The van der Waals surface area contributed by atoms with E-state index in [1.165, 1.54) is 12.1 Å². The first-order valence-electron chi connectivity index (χ1n) is 5.49. The van der Waals surface area contributed by atoms with Gasteiger partial charge in [0.1, 0.15) is 0 Å². The molecule has 2 rings (SSSR count). The summed E-state index contributed by atoms with van der Waals surface area (Å²) in [5.41, 5.74) is 12.9. The average Bonchev–Trinajstić information content (AvgIpc) is 2.38. The molecule has 0 unspecified atom stereocenters. The van der Waals surface area contributed by atoms with E-state index in [9.17, 15) is 4.79 Å². The molecule has 0 spiro atoms. The van der Waals surface area contributed by atoms with E-state index in [1.54, 1.807) is 18.2 Å². The van der Waals surface area contributed by atoms with Crippen molar-refractivity contribution in [2.24, 2.45) is 5.73 Å². The predicted octanol–water partition coefficient (Wildman–Crippen LogP) is 4.07. The highest BCUT2D eigenvalue weighted by atomic mass is 35.5. The Hall–Kier alpha value is -1.62. The van der Waals surface area contributed by atoms with E-state index in [2.05, 4.69) is 5.32 Å². The molecule has 0 bridgehead atoms. The van der Waals surface area contributed by atoms with Gasteiger partial charge >= 0.3 is 0 Å². The van der Waals surface area contributed by atoms with Gasteiger partial charge in [-0.3, -0.25) is 4.79 Å². The standard InChI is InChI=1S/C13H10Cl3N3O/c14-7-4-9(16)11(5-8(7)15)19-12-3-6(13(18)20)1-2-10(12)17/h1-5,19H,17H2,(H2,18,20). The van der Waals surface area contributed by atoms with Gasteiger partial charge in [0, 0.05) is 5.56 Å². The molecule has 0 radical (unpaired) electrons. The summed E-state index contributed by atoms with van der Waals surface area (Å²) in [6.45, 7) is 0. The molecule has 104 valence electrons. The van der Waals surface area contributed by atoms with Gasteiger partial charge in [0.25, 0.3) is 0 Å². The number of halogens is 3. The van der Waals surface area contributed by atoms with Crippen LogP contribution in [-0.4, -0.2) is 5.91 Å². The molecule has 0 fully saturated rings. The second-order valence-electron chi connectivity index (χ2n) is 4.04. The Morgan fingerprint density at radius 1 is 0.950 bits per heavy atom. The van der Waals surface area contributed by atoms with Crippen molar-refractivity contribution in [2.45, 2.75) is 0 Å². The lowest BCUT2D eigenvalue weighted by Crippen LogP contribution is -2.11. The summed E-state index contributed by atoms with van der Waals surface area (Å²) in [7, 11) is 0. The number of nitrogen functional groups attached to an aromatic ring is 1. The van der Waals surface area contributed by atoms with Crippen LogP contribution in [0.2, 0.25) is 15.1 Å². The van der Waals surface area contributed by atoms with Crippen molar-refractivity contribution in [3.63, 3.8) is 0 Å². The van der Waals surface area contributed by atoms with E-state index in [-0.39, 0.29) is 0 Å². The second-order valence-corrected chi connectivity index (χ2v) is 5.26. The normalized spacial score (nSPS) is 10.3. The van der Waals surface area contributed by atoms with Crippen LogP contribution in [0.1, 0.15) is 10.4 Å². The zero-order chi connectivity index (χ0) is 14.9. The van der Waals surface area contributed by atoms with Gasteiger partial charge in [0.15, 0.2) is 0 Å². The lowest BCUT2D eigenvalue weighted by molar-refractivity contribution is 0.100. The maximum atomic E-state index is 11.2. The maximum Gasteiger partial charge on any atom is 0.248 e. The number of nitrogens with one attached hydrogen (secondary N) is 1. The molecule has 0 heterocycles. The van der Waals surface area contributed by atoms with Gasteiger partial charge in [-0.2, -0.15) is 0 Å². The number of carbonyl (C=O) groups is 1. The first kappa shape index (κ1) is 14.8. The zero-order valence-corrected chi connectivity index (χ0v) is 12.4. The Kier molecular flexibility index (Phi) is 4.28. The minimum absolute atomic E-state index is 0.331. The highest BCUT2D eigenvalue weighted by Gasteiger charge is 2.09. The molecular formula is C13H10Cl3N3O. The summed E-state index contributed by atoms with van der Waals surface area (Å²) in [4.78, 5) is 11.2. The first-order valence-corrected chi connectivity index (χ1v) is 6.63. The summed E-state index contributed by atoms with van der Waals surface area (Å²) in [5.74, 6) is -0.548. The monoisotopic (exact) mass is 329 g/mol. The van der Waals surface area contributed by atoms with E-state index in [0.717, 1.165) is 0 Å². The number of rotatable bonds is 3.